The molecule has 1 N–H and O–H groups in total. The summed E-state index contributed by atoms with van der Waals surface area (Å²) in [7, 11) is 1.67. The van der Waals surface area contributed by atoms with Crippen LogP contribution >= 0.6 is 0 Å². The highest BCUT2D eigenvalue weighted by Crippen LogP contribution is 2.30. The number of ether oxygens (including phenoxy) is 1. The van der Waals surface area contributed by atoms with E-state index in [2.05, 4.69) is 33.7 Å². The molecule has 1 aromatic carbocycles. The van der Waals surface area contributed by atoms with E-state index in [4.69, 9.17) is 9.26 Å². The lowest BCUT2D eigenvalue weighted by Crippen LogP contribution is -2.21. The first kappa shape index (κ1) is 13.1. The van der Waals surface area contributed by atoms with Gasteiger partial charge in [-0.2, -0.15) is 4.98 Å². The van der Waals surface area contributed by atoms with Gasteiger partial charge >= 0.3 is 0 Å². The number of nitrogens with zero attached hydrogens (tertiary/aromatic N) is 2. The number of anilines is 1. The molecule has 0 bridgehead atoms. The van der Waals surface area contributed by atoms with Crippen molar-refractivity contribution in [3.8, 4) is 0 Å². The van der Waals surface area contributed by atoms with E-state index >= 15 is 0 Å². The van der Waals surface area contributed by atoms with Gasteiger partial charge in [0.2, 0.25) is 11.7 Å². The summed E-state index contributed by atoms with van der Waals surface area (Å²) in [5, 5.41) is 7.47. The molecule has 1 aliphatic heterocycles. The maximum atomic E-state index is 5.42. The number of aromatic nitrogens is 2. The summed E-state index contributed by atoms with van der Waals surface area (Å²) in [5.74, 6) is 1.56. The Labute approximate surface area is 118 Å². The van der Waals surface area contributed by atoms with Crippen LogP contribution in [0.25, 0.3) is 0 Å². The van der Waals surface area contributed by atoms with Gasteiger partial charge < -0.3 is 14.6 Å². The molecule has 106 valence electrons. The second-order valence-corrected chi connectivity index (χ2v) is 5.06. The third kappa shape index (κ3) is 2.41. The first-order chi connectivity index (χ1) is 9.81. The van der Waals surface area contributed by atoms with Crippen molar-refractivity contribution in [3.05, 3.63) is 41.5 Å². The van der Waals surface area contributed by atoms with Crippen LogP contribution in [0.1, 0.15) is 42.6 Å². The molecule has 2 unspecified atom stereocenters. The molecule has 2 heterocycles. The smallest absolute Gasteiger partial charge is 0.231 e. The fourth-order valence-electron chi connectivity index (χ4n) is 2.61. The molecule has 20 heavy (non-hydrogen) atoms. The second kappa shape index (κ2) is 5.63. The minimum atomic E-state index is -0.0867. The van der Waals surface area contributed by atoms with Gasteiger partial charge in [-0.05, 0) is 24.5 Å². The van der Waals surface area contributed by atoms with E-state index in [1.807, 2.05) is 13.0 Å². The largest absolute Gasteiger partial charge is 0.384 e. The molecule has 2 aromatic rings. The van der Waals surface area contributed by atoms with Crippen LogP contribution in [-0.2, 0) is 11.2 Å². The van der Waals surface area contributed by atoms with Crippen LogP contribution < -0.4 is 5.32 Å². The number of hydrogen-bond acceptors (Lipinski definition) is 5. The maximum absolute atomic E-state index is 5.42. The lowest BCUT2D eigenvalue weighted by Gasteiger charge is -2.23. The molecule has 5 heteroatoms. The summed E-state index contributed by atoms with van der Waals surface area (Å²) in [6, 6.07) is 8.33. The Balaban J connectivity index is 1.78. The zero-order chi connectivity index (χ0) is 13.9. The molecule has 0 aliphatic carbocycles. The predicted molar refractivity (Wildman–Crippen MR) is 75.7 cm³/mol. The van der Waals surface area contributed by atoms with E-state index in [0.29, 0.717) is 11.7 Å². The SMILES string of the molecule is CCC(OC)c1noc(C2CNc3ccccc3C2)n1. The Kier molecular flexibility index (Phi) is 3.69. The molecule has 0 spiro atoms. The molecule has 1 aromatic heterocycles. The monoisotopic (exact) mass is 273 g/mol. The topological polar surface area (TPSA) is 60.2 Å². The molecule has 5 nitrogen and oxygen atoms in total. The van der Waals surface area contributed by atoms with Crippen molar-refractivity contribution < 1.29 is 9.26 Å². The highest BCUT2D eigenvalue weighted by Gasteiger charge is 2.26. The van der Waals surface area contributed by atoms with E-state index < -0.39 is 0 Å². The van der Waals surface area contributed by atoms with Crippen molar-refractivity contribution in [2.45, 2.75) is 31.8 Å². The van der Waals surface area contributed by atoms with Crippen LogP contribution in [0.2, 0.25) is 0 Å². The van der Waals surface area contributed by atoms with Crippen molar-refractivity contribution >= 4 is 5.69 Å². The van der Waals surface area contributed by atoms with Crippen molar-refractivity contribution in [1.29, 1.82) is 0 Å². The number of rotatable bonds is 4. The molecular formula is C15H19N3O2. The van der Waals surface area contributed by atoms with E-state index in [1.54, 1.807) is 7.11 Å². The van der Waals surface area contributed by atoms with Crippen LogP contribution in [0.3, 0.4) is 0 Å². The Bertz CT molecular complexity index is 578. The normalized spacial score (nSPS) is 19.2. The molecular weight excluding hydrogens is 254 g/mol. The molecule has 0 radical (unpaired) electrons. The van der Waals surface area contributed by atoms with Crippen LogP contribution in [0, 0.1) is 0 Å². The Hall–Kier alpha value is -1.88. The van der Waals surface area contributed by atoms with Crippen LogP contribution in [0.15, 0.2) is 28.8 Å². The van der Waals surface area contributed by atoms with Crippen LogP contribution in [-0.4, -0.2) is 23.8 Å². The van der Waals surface area contributed by atoms with Gasteiger partial charge in [0.25, 0.3) is 0 Å². The van der Waals surface area contributed by atoms with Crippen LogP contribution in [0.5, 0.6) is 0 Å². The first-order valence-corrected chi connectivity index (χ1v) is 7.00. The molecule has 0 saturated carbocycles. The Morgan fingerprint density at radius 3 is 3.10 bits per heavy atom. The standard InChI is InChI=1S/C15H19N3O2/c1-3-13(19-2)14-17-15(20-18-14)11-8-10-6-4-5-7-12(10)16-9-11/h4-7,11,13,16H,3,8-9H2,1-2H3. The number of methoxy groups -OCH3 is 1. The first-order valence-electron chi connectivity index (χ1n) is 7.00. The molecule has 0 amide bonds. The zero-order valence-corrected chi connectivity index (χ0v) is 11.8. The van der Waals surface area contributed by atoms with E-state index in [9.17, 15) is 0 Å². The van der Waals surface area contributed by atoms with Crippen molar-refractivity contribution in [1.82, 2.24) is 10.1 Å². The molecule has 0 saturated heterocycles. The number of benzene rings is 1. The minimum absolute atomic E-state index is 0.0867. The molecule has 2 atom stereocenters. The summed E-state index contributed by atoms with van der Waals surface area (Å²) in [6.45, 7) is 2.87. The lowest BCUT2D eigenvalue weighted by atomic mass is 9.94. The minimum Gasteiger partial charge on any atom is -0.384 e. The summed E-state index contributed by atoms with van der Waals surface area (Å²) in [5.41, 5.74) is 2.49. The summed E-state index contributed by atoms with van der Waals surface area (Å²) in [6.07, 6.45) is 1.67. The van der Waals surface area contributed by atoms with Gasteiger partial charge in [-0.15, -0.1) is 0 Å². The average molecular weight is 273 g/mol. The van der Waals surface area contributed by atoms with Gasteiger partial charge in [-0.25, -0.2) is 0 Å². The summed E-state index contributed by atoms with van der Waals surface area (Å²) in [4.78, 5) is 4.51. The highest BCUT2D eigenvalue weighted by molar-refractivity contribution is 5.53. The maximum Gasteiger partial charge on any atom is 0.231 e. The van der Waals surface area contributed by atoms with Crippen LogP contribution in [0.4, 0.5) is 5.69 Å². The molecule has 0 fully saturated rings. The quantitative estimate of drug-likeness (QED) is 0.928. The number of fused-ring (bicyclic) bond motifs is 1. The van der Waals surface area contributed by atoms with Crippen molar-refractivity contribution in [2.24, 2.45) is 0 Å². The summed E-state index contributed by atoms with van der Waals surface area (Å²) < 4.78 is 10.8. The van der Waals surface area contributed by atoms with E-state index in [1.165, 1.54) is 11.3 Å². The fraction of sp³-hybridized carbons (Fsp3) is 0.467. The highest BCUT2D eigenvalue weighted by atomic mass is 16.5. The van der Waals surface area contributed by atoms with E-state index in [-0.39, 0.29) is 12.0 Å². The third-order valence-electron chi connectivity index (χ3n) is 3.77. The van der Waals surface area contributed by atoms with E-state index in [0.717, 1.165) is 19.4 Å². The van der Waals surface area contributed by atoms with Gasteiger partial charge in [-0.3, -0.25) is 0 Å². The fourth-order valence-corrected chi connectivity index (χ4v) is 2.61. The van der Waals surface area contributed by atoms with Crippen molar-refractivity contribution in [2.75, 3.05) is 19.0 Å². The second-order valence-electron chi connectivity index (χ2n) is 5.06. The summed E-state index contributed by atoms with van der Waals surface area (Å²) >= 11 is 0. The third-order valence-corrected chi connectivity index (χ3v) is 3.77. The van der Waals surface area contributed by atoms with Gasteiger partial charge in [0.15, 0.2) is 0 Å². The number of para-hydroxylation sites is 1. The molecule has 1 aliphatic rings. The molecule has 3 rings (SSSR count). The lowest BCUT2D eigenvalue weighted by molar-refractivity contribution is 0.0903. The van der Waals surface area contributed by atoms with Gasteiger partial charge in [0, 0.05) is 19.3 Å². The zero-order valence-electron chi connectivity index (χ0n) is 11.8. The van der Waals surface area contributed by atoms with Gasteiger partial charge in [0.05, 0.1) is 5.92 Å². The number of nitrogens with one attached hydrogen (secondary N) is 1. The predicted octanol–water partition coefficient (Wildman–Crippen LogP) is 2.92. The average Bonchev–Trinajstić information content (AvgIpc) is 2.98. The Morgan fingerprint density at radius 2 is 2.30 bits per heavy atom. The van der Waals surface area contributed by atoms with Gasteiger partial charge in [0.1, 0.15) is 6.10 Å². The van der Waals surface area contributed by atoms with Gasteiger partial charge in [-0.1, -0.05) is 30.3 Å². The Morgan fingerprint density at radius 1 is 1.45 bits per heavy atom. The van der Waals surface area contributed by atoms with Crippen molar-refractivity contribution in [3.63, 3.8) is 0 Å². The number of hydrogen-bond donors (Lipinski definition) is 1.